The van der Waals surface area contributed by atoms with Crippen LogP contribution in [0.2, 0.25) is 0 Å². The van der Waals surface area contributed by atoms with Crippen LogP contribution in [-0.4, -0.2) is 49.8 Å². The summed E-state index contributed by atoms with van der Waals surface area (Å²) in [5.74, 6) is 0.220. The van der Waals surface area contributed by atoms with E-state index in [1.807, 2.05) is 4.90 Å². The molecule has 0 atom stereocenters. The zero-order chi connectivity index (χ0) is 12.1. The van der Waals surface area contributed by atoms with E-state index >= 15 is 0 Å². The van der Waals surface area contributed by atoms with Crippen molar-refractivity contribution in [2.75, 3.05) is 33.4 Å². The minimum Gasteiger partial charge on any atom is -0.384 e. The summed E-state index contributed by atoms with van der Waals surface area (Å²) >= 11 is 0. The molecule has 1 amide bonds. The van der Waals surface area contributed by atoms with E-state index < -0.39 is 0 Å². The normalized spacial score (nSPS) is 23.9. The number of amides is 1. The molecule has 0 radical (unpaired) electrons. The molecule has 0 bridgehead atoms. The summed E-state index contributed by atoms with van der Waals surface area (Å²) < 4.78 is 10.9. The van der Waals surface area contributed by atoms with Crippen LogP contribution < -0.4 is 0 Å². The standard InChI is InChI=1S/C13H23NO3/c1-16-11-4-12(15)14-8-6-13(7-9-14)5-2-3-10-17-13/h2-11H2,1H3. The molecule has 0 N–H and O–H groups in total. The number of carbonyl (C=O) groups is 1. The first-order valence-electron chi connectivity index (χ1n) is 6.66. The molecular formula is C13H23NO3. The van der Waals surface area contributed by atoms with Gasteiger partial charge >= 0.3 is 0 Å². The zero-order valence-corrected chi connectivity index (χ0v) is 10.7. The molecule has 0 aromatic rings. The second-order valence-electron chi connectivity index (χ2n) is 5.11. The first kappa shape index (κ1) is 12.8. The number of nitrogens with zero attached hydrogens (tertiary/aromatic N) is 1. The summed E-state index contributed by atoms with van der Waals surface area (Å²) in [5.41, 5.74) is 0.0935. The Morgan fingerprint density at radius 2 is 2.06 bits per heavy atom. The Kier molecular flexibility index (Phi) is 4.40. The fourth-order valence-corrected chi connectivity index (χ4v) is 2.82. The van der Waals surface area contributed by atoms with Crippen LogP contribution in [0.4, 0.5) is 0 Å². The van der Waals surface area contributed by atoms with Crippen LogP contribution in [0.5, 0.6) is 0 Å². The number of rotatable bonds is 3. The van der Waals surface area contributed by atoms with Crippen LogP contribution >= 0.6 is 0 Å². The van der Waals surface area contributed by atoms with Crippen molar-refractivity contribution in [2.24, 2.45) is 0 Å². The highest BCUT2D eigenvalue weighted by molar-refractivity contribution is 5.76. The summed E-state index contributed by atoms with van der Waals surface area (Å²) in [6.07, 6.45) is 6.16. The Labute approximate surface area is 103 Å². The quantitative estimate of drug-likeness (QED) is 0.753. The van der Waals surface area contributed by atoms with E-state index in [9.17, 15) is 4.79 Å². The fourth-order valence-electron chi connectivity index (χ4n) is 2.82. The van der Waals surface area contributed by atoms with Crippen LogP contribution in [0, 0.1) is 0 Å². The third-order valence-electron chi connectivity index (χ3n) is 3.98. The predicted molar refractivity (Wildman–Crippen MR) is 64.8 cm³/mol. The lowest BCUT2D eigenvalue weighted by atomic mass is 9.84. The Morgan fingerprint density at radius 3 is 2.65 bits per heavy atom. The molecule has 1 spiro atoms. The highest BCUT2D eigenvalue weighted by atomic mass is 16.5. The summed E-state index contributed by atoms with van der Waals surface area (Å²) in [6.45, 7) is 3.12. The molecule has 2 heterocycles. The van der Waals surface area contributed by atoms with Gasteiger partial charge in [-0.25, -0.2) is 0 Å². The molecule has 0 saturated carbocycles. The van der Waals surface area contributed by atoms with Crippen LogP contribution in [-0.2, 0) is 14.3 Å². The summed E-state index contributed by atoms with van der Waals surface area (Å²) in [4.78, 5) is 13.8. The third kappa shape index (κ3) is 3.19. The number of carbonyl (C=O) groups excluding carboxylic acids is 1. The van der Waals surface area contributed by atoms with Gasteiger partial charge in [0.1, 0.15) is 0 Å². The van der Waals surface area contributed by atoms with E-state index in [1.54, 1.807) is 7.11 Å². The van der Waals surface area contributed by atoms with E-state index in [-0.39, 0.29) is 11.5 Å². The maximum atomic E-state index is 11.8. The molecule has 0 aliphatic carbocycles. The summed E-state index contributed by atoms with van der Waals surface area (Å²) in [5, 5.41) is 0. The predicted octanol–water partition coefficient (Wildman–Crippen LogP) is 1.58. The van der Waals surface area contributed by atoms with Gasteiger partial charge in [-0.2, -0.15) is 0 Å². The molecule has 0 aromatic heterocycles. The van der Waals surface area contributed by atoms with Crippen molar-refractivity contribution in [3.63, 3.8) is 0 Å². The van der Waals surface area contributed by atoms with Gasteiger partial charge in [-0.05, 0) is 32.1 Å². The third-order valence-corrected chi connectivity index (χ3v) is 3.98. The Hall–Kier alpha value is -0.610. The smallest absolute Gasteiger partial charge is 0.224 e. The maximum absolute atomic E-state index is 11.8. The summed E-state index contributed by atoms with van der Waals surface area (Å²) in [6, 6.07) is 0. The molecule has 4 heteroatoms. The molecular weight excluding hydrogens is 218 g/mol. The second kappa shape index (κ2) is 5.83. The number of piperidine rings is 1. The molecule has 17 heavy (non-hydrogen) atoms. The molecule has 98 valence electrons. The van der Waals surface area contributed by atoms with Crippen LogP contribution in [0.1, 0.15) is 38.5 Å². The van der Waals surface area contributed by atoms with Gasteiger partial charge in [-0.3, -0.25) is 4.79 Å². The van der Waals surface area contributed by atoms with E-state index in [0.29, 0.717) is 13.0 Å². The molecule has 2 aliphatic rings. The monoisotopic (exact) mass is 241 g/mol. The van der Waals surface area contributed by atoms with Gasteiger partial charge in [0, 0.05) is 26.8 Å². The fraction of sp³-hybridized carbons (Fsp3) is 0.923. The average molecular weight is 241 g/mol. The molecule has 2 saturated heterocycles. The first-order valence-corrected chi connectivity index (χ1v) is 6.66. The highest BCUT2D eigenvalue weighted by Crippen LogP contribution is 2.34. The zero-order valence-electron chi connectivity index (χ0n) is 10.7. The topological polar surface area (TPSA) is 38.8 Å². The molecule has 0 unspecified atom stereocenters. The summed E-state index contributed by atoms with van der Waals surface area (Å²) in [7, 11) is 1.63. The van der Waals surface area contributed by atoms with Crippen molar-refractivity contribution in [1.29, 1.82) is 0 Å². The van der Waals surface area contributed by atoms with Gasteiger partial charge in [0.25, 0.3) is 0 Å². The van der Waals surface area contributed by atoms with Crippen molar-refractivity contribution >= 4 is 5.91 Å². The van der Waals surface area contributed by atoms with E-state index in [1.165, 1.54) is 19.3 Å². The SMILES string of the molecule is COCCC(=O)N1CCC2(CCCCO2)CC1. The van der Waals surface area contributed by atoms with Gasteiger partial charge in [-0.1, -0.05) is 0 Å². The Morgan fingerprint density at radius 1 is 1.29 bits per heavy atom. The second-order valence-corrected chi connectivity index (χ2v) is 5.11. The lowest BCUT2D eigenvalue weighted by Gasteiger charge is -2.44. The van der Waals surface area contributed by atoms with Crippen LogP contribution in [0.15, 0.2) is 0 Å². The molecule has 2 aliphatic heterocycles. The van der Waals surface area contributed by atoms with Gasteiger partial charge in [0.15, 0.2) is 0 Å². The number of likely N-dealkylation sites (tertiary alicyclic amines) is 1. The minimum absolute atomic E-state index is 0.0935. The molecule has 4 nitrogen and oxygen atoms in total. The van der Waals surface area contributed by atoms with E-state index in [0.717, 1.165) is 32.5 Å². The average Bonchev–Trinajstić information content (AvgIpc) is 2.38. The van der Waals surface area contributed by atoms with Crippen molar-refractivity contribution in [2.45, 2.75) is 44.1 Å². The number of methoxy groups -OCH3 is 1. The van der Waals surface area contributed by atoms with Crippen molar-refractivity contribution in [3.05, 3.63) is 0 Å². The van der Waals surface area contributed by atoms with Gasteiger partial charge < -0.3 is 14.4 Å². The maximum Gasteiger partial charge on any atom is 0.224 e. The molecule has 2 fully saturated rings. The lowest BCUT2D eigenvalue weighted by molar-refractivity contribution is -0.143. The van der Waals surface area contributed by atoms with Crippen molar-refractivity contribution in [3.8, 4) is 0 Å². The molecule has 0 aromatic carbocycles. The van der Waals surface area contributed by atoms with E-state index in [2.05, 4.69) is 0 Å². The van der Waals surface area contributed by atoms with Gasteiger partial charge in [0.2, 0.25) is 5.91 Å². The van der Waals surface area contributed by atoms with E-state index in [4.69, 9.17) is 9.47 Å². The molecule has 2 rings (SSSR count). The first-order chi connectivity index (χ1) is 8.26. The Balaban J connectivity index is 1.78. The lowest BCUT2D eigenvalue weighted by Crippen LogP contribution is -2.49. The van der Waals surface area contributed by atoms with Crippen molar-refractivity contribution in [1.82, 2.24) is 4.90 Å². The van der Waals surface area contributed by atoms with Gasteiger partial charge in [0.05, 0.1) is 18.6 Å². The minimum atomic E-state index is 0.0935. The Bertz CT molecular complexity index is 251. The largest absolute Gasteiger partial charge is 0.384 e. The van der Waals surface area contributed by atoms with Crippen LogP contribution in [0.25, 0.3) is 0 Å². The van der Waals surface area contributed by atoms with Gasteiger partial charge in [-0.15, -0.1) is 0 Å². The highest BCUT2D eigenvalue weighted by Gasteiger charge is 2.37. The number of hydrogen-bond donors (Lipinski definition) is 0. The van der Waals surface area contributed by atoms with Crippen molar-refractivity contribution < 1.29 is 14.3 Å². The number of hydrogen-bond acceptors (Lipinski definition) is 3. The number of ether oxygens (including phenoxy) is 2. The van der Waals surface area contributed by atoms with Crippen LogP contribution in [0.3, 0.4) is 0 Å².